The van der Waals surface area contributed by atoms with Gasteiger partial charge in [-0.2, -0.15) is 10.2 Å². The first kappa shape index (κ1) is 16.9. The predicted octanol–water partition coefficient (Wildman–Crippen LogP) is 2.51. The molecule has 2 N–H and O–H groups in total. The molecule has 1 amide bonds. The third-order valence-corrected chi connectivity index (χ3v) is 4.42. The number of aromatic nitrogens is 5. The third kappa shape index (κ3) is 3.43. The molecule has 0 aliphatic heterocycles. The van der Waals surface area contributed by atoms with Gasteiger partial charge in [-0.15, -0.1) is 0 Å². The molecule has 7 nitrogen and oxygen atoms in total. The molecule has 0 bridgehead atoms. The van der Waals surface area contributed by atoms with Crippen molar-refractivity contribution in [3.05, 3.63) is 28.0 Å². The van der Waals surface area contributed by atoms with Crippen LogP contribution in [0.3, 0.4) is 0 Å². The maximum atomic E-state index is 12.3. The van der Waals surface area contributed by atoms with Crippen LogP contribution in [0.4, 0.5) is 0 Å². The standard InChI is InChI=1S/C16H24N6OS/c1-10-9-12(20-22(10)16(2,3)4)14(23)17-7-8-21-13(11-5-6-11)18-19-15(21)24/h9,11H,5-8H2,1-4H3,(H,17,23)(H,19,24). The molecule has 1 aliphatic rings. The third-order valence-electron chi connectivity index (χ3n) is 4.11. The molecule has 2 aromatic heterocycles. The Hall–Kier alpha value is -1.96. The fraction of sp³-hybridized carbons (Fsp3) is 0.625. The van der Waals surface area contributed by atoms with E-state index >= 15 is 0 Å². The average molecular weight is 348 g/mol. The van der Waals surface area contributed by atoms with Gasteiger partial charge in [-0.1, -0.05) is 0 Å². The maximum Gasteiger partial charge on any atom is 0.271 e. The first-order chi connectivity index (χ1) is 11.3. The molecule has 1 fully saturated rings. The molecule has 0 spiro atoms. The van der Waals surface area contributed by atoms with Crippen LogP contribution in [0.5, 0.6) is 0 Å². The van der Waals surface area contributed by atoms with Crippen LogP contribution in [0.25, 0.3) is 0 Å². The van der Waals surface area contributed by atoms with Crippen molar-refractivity contribution in [2.75, 3.05) is 6.54 Å². The molecule has 1 saturated carbocycles. The van der Waals surface area contributed by atoms with Gasteiger partial charge in [0.05, 0.1) is 5.54 Å². The number of nitrogens with one attached hydrogen (secondary N) is 2. The van der Waals surface area contributed by atoms with Crippen LogP contribution in [-0.2, 0) is 12.1 Å². The lowest BCUT2D eigenvalue weighted by Crippen LogP contribution is -2.29. The Kier molecular flexibility index (Phi) is 4.33. The smallest absolute Gasteiger partial charge is 0.271 e. The number of aryl methyl sites for hydroxylation is 1. The normalized spacial score (nSPS) is 14.8. The van der Waals surface area contributed by atoms with Gasteiger partial charge in [0.25, 0.3) is 5.91 Å². The second-order valence-electron chi connectivity index (χ2n) is 7.32. The van der Waals surface area contributed by atoms with Gasteiger partial charge in [0.2, 0.25) is 0 Å². The van der Waals surface area contributed by atoms with Crippen molar-refractivity contribution in [1.82, 2.24) is 29.9 Å². The molecule has 1 aliphatic carbocycles. The molecular weight excluding hydrogens is 324 g/mol. The van der Waals surface area contributed by atoms with Crippen LogP contribution in [0.1, 0.15) is 61.5 Å². The molecule has 2 heterocycles. The van der Waals surface area contributed by atoms with Gasteiger partial charge in [-0.3, -0.25) is 14.6 Å². The summed E-state index contributed by atoms with van der Waals surface area (Å²) in [5.74, 6) is 1.35. The summed E-state index contributed by atoms with van der Waals surface area (Å²) < 4.78 is 4.46. The lowest BCUT2D eigenvalue weighted by atomic mass is 10.1. The number of carbonyl (C=O) groups is 1. The van der Waals surface area contributed by atoms with E-state index in [4.69, 9.17) is 12.2 Å². The Balaban J connectivity index is 1.62. The second-order valence-corrected chi connectivity index (χ2v) is 7.71. The fourth-order valence-corrected chi connectivity index (χ4v) is 3.07. The van der Waals surface area contributed by atoms with Crippen LogP contribution in [0, 0.1) is 11.7 Å². The summed E-state index contributed by atoms with van der Waals surface area (Å²) in [4.78, 5) is 12.3. The zero-order valence-corrected chi connectivity index (χ0v) is 15.4. The van der Waals surface area contributed by atoms with Crippen LogP contribution >= 0.6 is 12.2 Å². The molecule has 0 aromatic carbocycles. The van der Waals surface area contributed by atoms with Gasteiger partial charge in [0.15, 0.2) is 4.77 Å². The maximum absolute atomic E-state index is 12.3. The van der Waals surface area contributed by atoms with Gasteiger partial charge >= 0.3 is 0 Å². The van der Waals surface area contributed by atoms with E-state index in [9.17, 15) is 4.79 Å². The summed E-state index contributed by atoms with van der Waals surface area (Å²) in [5, 5.41) is 14.5. The van der Waals surface area contributed by atoms with Crippen LogP contribution in [0.2, 0.25) is 0 Å². The van der Waals surface area contributed by atoms with Crippen molar-refractivity contribution in [1.29, 1.82) is 0 Å². The van der Waals surface area contributed by atoms with Gasteiger partial charge < -0.3 is 9.88 Å². The number of nitrogens with zero attached hydrogens (tertiary/aromatic N) is 4. The highest BCUT2D eigenvalue weighted by Crippen LogP contribution is 2.38. The summed E-state index contributed by atoms with van der Waals surface area (Å²) >= 11 is 5.27. The summed E-state index contributed by atoms with van der Waals surface area (Å²) in [6.45, 7) is 9.26. The molecule has 24 heavy (non-hydrogen) atoms. The van der Waals surface area contributed by atoms with Crippen molar-refractivity contribution in [2.45, 2.75) is 58.5 Å². The minimum atomic E-state index is -0.163. The van der Waals surface area contributed by atoms with E-state index in [0.29, 0.717) is 29.5 Å². The molecule has 0 atom stereocenters. The lowest BCUT2D eigenvalue weighted by molar-refractivity contribution is 0.0945. The Morgan fingerprint density at radius 1 is 1.46 bits per heavy atom. The zero-order valence-electron chi connectivity index (χ0n) is 14.6. The first-order valence-corrected chi connectivity index (χ1v) is 8.68. The lowest BCUT2D eigenvalue weighted by Gasteiger charge is -2.21. The fourth-order valence-electron chi connectivity index (χ4n) is 2.84. The van der Waals surface area contributed by atoms with Gasteiger partial charge in [0, 0.05) is 24.7 Å². The van der Waals surface area contributed by atoms with Crippen molar-refractivity contribution < 1.29 is 4.79 Å². The van der Waals surface area contributed by atoms with E-state index < -0.39 is 0 Å². The van der Waals surface area contributed by atoms with Gasteiger partial charge in [0.1, 0.15) is 11.5 Å². The zero-order chi connectivity index (χ0) is 17.5. The average Bonchev–Trinajstić information content (AvgIpc) is 3.16. The molecule has 0 radical (unpaired) electrons. The molecule has 130 valence electrons. The number of H-pyrrole nitrogens is 1. The van der Waals surface area contributed by atoms with E-state index in [1.807, 2.05) is 22.2 Å². The van der Waals surface area contributed by atoms with Crippen LogP contribution in [-0.4, -0.2) is 37.0 Å². The van der Waals surface area contributed by atoms with E-state index in [1.54, 1.807) is 0 Å². The number of hydrogen-bond donors (Lipinski definition) is 2. The molecule has 0 saturated heterocycles. The van der Waals surface area contributed by atoms with E-state index in [1.165, 1.54) is 0 Å². The highest BCUT2D eigenvalue weighted by atomic mass is 32.1. The topological polar surface area (TPSA) is 80.5 Å². The summed E-state index contributed by atoms with van der Waals surface area (Å²) in [6.07, 6.45) is 2.32. The molecule has 0 unspecified atom stereocenters. The quantitative estimate of drug-likeness (QED) is 0.814. The Bertz CT molecular complexity index is 805. The molecule has 3 rings (SSSR count). The van der Waals surface area contributed by atoms with Crippen molar-refractivity contribution >= 4 is 18.1 Å². The minimum Gasteiger partial charge on any atom is -0.349 e. The largest absolute Gasteiger partial charge is 0.349 e. The number of amides is 1. The molecule has 2 aromatic rings. The molecule has 8 heteroatoms. The van der Waals surface area contributed by atoms with Gasteiger partial charge in [-0.25, -0.2) is 0 Å². The first-order valence-electron chi connectivity index (χ1n) is 8.28. The van der Waals surface area contributed by atoms with Crippen molar-refractivity contribution in [2.24, 2.45) is 0 Å². The van der Waals surface area contributed by atoms with E-state index in [2.05, 4.69) is 41.4 Å². The Morgan fingerprint density at radius 2 is 2.17 bits per heavy atom. The second kappa shape index (κ2) is 6.16. The minimum absolute atomic E-state index is 0.147. The molecular formula is C16H24N6OS. The van der Waals surface area contributed by atoms with Crippen molar-refractivity contribution in [3.63, 3.8) is 0 Å². The highest BCUT2D eigenvalue weighted by molar-refractivity contribution is 7.71. The Morgan fingerprint density at radius 3 is 2.75 bits per heavy atom. The Labute approximate surface area is 146 Å². The monoisotopic (exact) mass is 348 g/mol. The summed E-state index contributed by atoms with van der Waals surface area (Å²) in [5.41, 5.74) is 1.27. The SMILES string of the molecule is Cc1cc(C(=O)NCCn2c(C3CC3)n[nH]c2=S)nn1C(C)(C)C. The number of carbonyl (C=O) groups excluding carboxylic acids is 1. The van der Waals surface area contributed by atoms with Crippen LogP contribution < -0.4 is 5.32 Å². The number of rotatable bonds is 5. The van der Waals surface area contributed by atoms with E-state index in [-0.39, 0.29) is 11.4 Å². The highest BCUT2D eigenvalue weighted by Gasteiger charge is 2.29. The number of aromatic amines is 1. The summed E-state index contributed by atoms with van der Waals surface area (Å²) in [7, 11) is 0. The van der Waals surface area contributed by atoms with E-state index in [0.717, 1.165) is 24.4 Å². The van der Waals surface area contributed by atoms with Gasteiger partial charge in [-0.05, 0) is 58.8 Å². The van der Waals surface area contributed by atoms with Crippen molar-refractivity contribution in [3.8, 4) is 0 Å². The number of hydrogen-bond acceptors (Lipinski definition) is 4. The van der Waals surface area contributed by atoms with Crippen LogP contribution in [0.15, 0.2) is 6.07 Å². The predicted molar refractivity (Wildman–Crippen MR) is 93.7 cm³/mol. The summed E-state index contributed by atoms with van der Waals surface area (Å²) in [6, 6.07) is 1.82.